The third-order valence-corrected chi connectivity index (χ3v) is 0.426. The van der Waals surface area contributed by atoms with Crippen LogP contribution >= 0.6 is 0 Å². The molecule has 0 aromatic heterocycles. The van der Waals surface area contributed by atoms with Crippen molar-refractivity contribution < 1.29 is 66.8 Å². The Balaban J connectivity index is -0.0000000208. The summed E-state index contributed by atoms with van der Waals surface area (Å²) >= 11 is 0. The molecule has 8 heavy (non-hydrogen) atoms. The molecule has 40 valence electrons. The summed E-state index contributed by atoms with van der Waals surface area (Å²) in [5.41, 5.74) is 0. The molecule has 0 aliphatic heterocycles. The first-order valence-corrected chi connectivity index (χ1v) is 2.01. The van der Waals surface area contributed by atoms with E-state index in [1.54, 1.807) is 0 Å². The van der Waals surface area contributed by atoms with Crippen molar-refractivity contribution in [1.82, 2.24) is 5.32 Å². The monoisotopic (exact) mass is 135 g/mol. The normalized spacial score (nSPS) is 5.75. The summed E-state index contributed by atoms with van der Waals surface area (Å²) < 4.78 is 0. The second-order valence-corrected chi connectivity index (χ2v) is 1.09. The maximum atomic E-state index is 9.93. The first-order valence-electron chi connectivity index (χ1n) is 2.01. The Bertz CT molecular complexity index is 65.2. The fraction of sp³-hybridized carbons (Fsp3) is 0.750. The predicted molar refractivity (Wildman–Crippen MR) is 26.6 cm³/mol. The zero-order valence-corrected chi connectivity index (χ0v) is 10.1. The molecule has 0 saturated heterocycles. The first-order chi connectivity index (χ1) is 2.77. The van der Waals surface area contributed by atoms with Gasteiger partial charge in [-0.05, 0) is 6.92 Å². The van der Waals surface area contributed by atoms with E-state index in [2.05, 4.69) is 5.32 Å². The summed E-state index contributed by atoms with van der Waals surface area (Å²) in [5, 5.41) is 2.57. The van der Waals surface area contributed by atoms with Crippen molar-refractivity contribution in [2.24, 2.45) is 0 Å². The molecular weight excluding hydrogens is 124 g/mol. The summed E-state index contributed by atoms with van der Waals surface area (Å²) in [6, 6.07) is 0. The Kier molecular flexibility index (Phi) is 22.9. The molecule has 0 rings (SSSR count). The third-order valence-electron chi connectivity index (χ3n) is 0.426. The molecule has 0 aliphatic carbocycles. The number of amides is 1. The Morgan fingerprint density at radius 2 is 2.00 bits per heavy atom. The van der Waals surface area contributed by atoms with Crippen molar-refractivity contribution in [1.29, 1.82) is 0 Å². The average molecular weight is 135 g/mol. The molecule has 0 fully saturated rings. The fourth-order valence-electron chi connectivity index (χ4n) is 0.249. The van der Waals surface area contributed by atoms with Crippen LogP contribution < -0.4 is 64.4 Å². The molecule has 0 aromatic carbocycles. The second kappa shape index (κ2) is 11.3. The Morgan fingerprint density at radius 3 is 2.00 bits per heavy atom. The van der Waals surface area contributed by atoms with Crippen LogP contribution in [-0.4, -0.2) is 12.5 Å². The number of carbonyl (C=O) groups is 1. The molecule has 1 amide bonds. The van der Waals surface area contributed by atoms with E-state index >= 15 is 0 Å². The molecule has 1 N–H and O–H groups in total. The van der Waals surface area contributed by atoms with Gasteiger partial charge in [0, 0.05) is 13.5 Å². The van der Waals surface area contributed by atoms with Gasteiger partial charge < -0.3 is 8.17 Å². The van der Waals surface area contributed by atoms with Crippen molar-refractivity contribution in [3.05, 3.63) is 0 Å². The topological polar surface area (TPSA) is 29.1 Å². The van der Waals surface area contributed by atoms with Gasteiger partial charge in [-0.2, -0.15) is 0 Å². The van der Waals surface area contributed by atoms with Crippen molar-refractivity contribution in [2.75, 3.05) is 6.54 Å². The van der Waals surface area contributed by atoms with E-state index in [1.165, 1.54) is 6.92 Å². The minimum Gasteiger partial charge on any atom is -1.00 e. The number of hydrogen-bond acceptors (Lipinski definition) is 1. The Morgan fingerprint density at radius 1 is 1.62 bits per heavy atom. The van der Waals surface area contributed by atoms with Crippen LogP contribution in [0, 0.1) is 0 Å². The predicted octanol–water partition coefficient (Wildman–Crippen LogP) is -5.62. The van der Waals surface area contributed by atoms with E-state index < -0.39 is 0 Å². The second-order valence-electron chi connectivity index (χ2n) is 1.09. The number of nitrogens with one attached hydrogen (secondary N) is 1. The molecular formula is C4H11NNa2O. The molecule has 0 radical (unpaired) electrons. The molecule has 2 nitrogen and oxygen atoms in total. The molecule has 4 heteroatoms. The number of carbonyl (C=O) groups excluding carboxylic acids is 1. The molecule has 0 saturated carbocycles. The van der Waals surface area contributed by atoms with Crippen LogP contribution in [0.1, 0.15) is 16.7 Å². The minimum atomic E-state index is 0. The zero-order chi connectivity index (χ0) is 4.99. The van der Waals surface area contributed by atoms with E-state index in [1.807, 2.05) is 6.92 Å². The summed E-state index contributed by atoms with van der Waals surface area (Å²) in [7, 11) is 0. The minimum absolute atomic E-state index is 0. The van der Waals surface area contributed by atoms with Gasteiger partial charge >= 0.3 is 59.1 Å². The van der Waals surface area contributed by atoms with E-state index in [-0.39, 0.29) is 67.9 Å². The van der Waals surface area contributed by atoms with Gasteiger partial charge in [-0.15, -0.1) is 0 Å². The van der Waals surface area contributed by atoms with Crippen LogP contribution in [0.2, 0.25) is 0 Å². The van der Waals surface area contributed by atoms with Gasteiger partial charge in [-0.25, -0.2) is 0 Å². The largest absolute Gasteiger partial charge is 1.00 e. The van der Waals surface area contributed by atoms with Gasteiger partial charge in [0.1, 0.15) is 0 Å². The van der Waals surface area contributed by atoms with Gasteiger partial charge in [-0.3, -0.25) is 4.79 Å². The number of rotatable bonds is 1. The molecule has 0 heterocycles. The van der Waals surface area contributed by atoms with Crippen LogP contribution in [0.3, 0.4) is 0 Å². The molecule has 0 spiro atoms. The van der Waals surface area contributed by atoms with Gasteiger partial charge in [0.2, 0.25) is 5.91 Å². The van der Waals surface area contributed by atoms with Gasteiger partial charge in [0.15, 0.2) is 0 Å². The van der Waals surface area contributed by atoms with Gasteiger partial charge in [0.25, 0.3) is 0 Å². The van der Waals surface area contributed by atoms with E-state index in [9.17, 15) is 4.79 Å². The van der Waals surface area contributed by atoms with Crippen LogP contribution in [0.25, 0.3) is 0 Å². The van der Waals surface area contributed by atoms with Crippen LogP contribution in [0.15, 0.2) is 0 Å². The fourth-order valence-corrected chi connectivity index (χ4v) is 0.249. The van der Waals surface area contributed by atoms with Crippen molar-refractivity contribution in [3.63, 3.8) is 0 Å². The zero-order valence-electron chi connectivity index (χ0n) is 8.12. The summed E-state index contributed by atoms with van der Waals surface area (Å²) in [4.78, 5) is 9.93. The van der Waals surface area contributed by atoms with Gasteiger partial charge in [-0.1, -0.05) is 0 Å². The molecule has 0 aliphatic rings. The van der Waals surface area contributed by atoms with E-state index in [4.69, 9.17) is 0 Å². The SMILES string of the molecule is CCNC(C)=O.[H-].[H-].[Na+].[Na+]. The molecule has 0 atom stereocenters. The standard InChI is InChI=1S/C4H9NO.2Na.2H/c1-3-5-4(2)6;;;;/h3H2,1-2H3,(H,5,6);;;;/q;2*+1;2*-1. The van der Waals surface area contributed by atoms with Crippen molar-refractivity contribution in [2.45, 2.75) is 13.8 Å². The van der Waals surface area contributed by atoms with E-state index in [0.717, 1.165) is 6.54 Å². The smallest absolute Gasteiger partial charge is 1.00 e. The van der Waals surface area contributed by atoms with Crippen molar-refractivity contribution in [3.8, 4) is 0 Å². The first kappa shape index (κ1) is 16.2. The quantitative estimate of drug-likeness (QED) is 0.357. The molecule has 0 bridgehead atoms. The van der Waals surface area contributed by atoms with Crippen molar-refractivity contribution >= 4 is 5.91 Å². The molecule has 0 unspecified atom stereocenters. The Hall–Kier alpha value is 1.47. The summed E-state index contributed by atoms with van der Waals surface area (Å²) in [5.74, 6) is 0.0394. The summed E-state index contributed by atoms with van der Waals surface area (Å²) in [6.45, 7) is 4.13. The van der Waals surface area contributed by atoms with Gasteiger partial charge in [0.05, 0.1) is 0 Å². The van der Waals surface area contributed by atoms with Crippen LogP contribution in [-0.2, 0) is 4.79 Å². The van der Waals surface area contributed by atoms with Crippen LogP contribution in [0.5, 0.6) is 0 Å². The maximum Gasteiger partial charge on any atom is 1.00 e. The molecule has 0 aromatic rings. The maximum absolute atomic E-state index is 9.93. The van der Waals surface area contributed by atoms with E-state index in [0.29, 0.717) is 0 Å². The number of hydrogen-bond donors (Lipinski definition) is 1. The van der Waals surface area contributed by atoms with Crippen LogP contribution in [0.4, 0.5) is 0 Å². The Labute approximate surface area is 97.3 Å². The average Bonchev–Trinajstić information content (AvgIpc) is 1.35. The third kappa shape index (κ3) is 15.6. The summed E-state index contributed by atoms with van der Waals surface area (Å²) in [6.07, 6.45) is 0.